The Balaban J connectivity index is 2.10. The maximum absolute atomic E-state index is 12.3. The van der Waals surface area contributed by atoms with Crippen molar-refractivity contribution in [1.82, 2.24) is 0 Å². The summed E-state index contributed by atoms with van der Waals surface area (Å²) in [6, 6.07) is 13.9. The smallest absolute Gasteiger partial charge is 0.337 e. The molecule has 0 aromatic heterocycles. The quantitative estimate of drug-likeness (QED) is 0.858. The lowest BCUT2D eigenvalue weighted by atomic mass is 9.99. The minimum atomic E-state index is -1.07. The Bertz CT molecular complexity index is 712. The van der Waals surface area contributed by atoms with Gasteiger partial charge in [-0.05, 0) is 30.2 Å². The average molecular weight is 313 g/mol. The fraction of sp³-hybridized carbons (Fsp3) is 0.222. The van der Waals surface area contributed by atoms with Crippen LogP contribution < -0.4 is 10.1 Å². The van der Waals surface area contributed by atoms with Gasteiger partial charge in [0.25, 0.3) is 0 Å². The highest BCUT2D eigenvalue weighted by Gasteiger charge is 2.18. The number of benzene rings is 2. The molecular formula is C18H19NO4. The van der Waals surface area contributed by atoms with E-state index in [1.165, 1.54) is 6.07 Å². The van der Waals surface area contributed by atoms with Crippen molar-refractivity contribution in [3.63, 3.8) is 0 Å². The number of carboxylic acids is 1. The molecule has 0 heterocycles. The topological polar surface area (TPSA) is 75.6 Å². The Morgan fingerprint density at radius 2 is 1.78 bits per heavy atom. The van der Waals surface area contributed by atoms with Crippen molar-refractivity contribution in [2.45, 2.75) is 13.3 Å². The minimum Gasteiger partial charge on any atom is -0.496 e. The predicted molar refractivity (Wildman–Crippen MR) is 87.9 cm³/mol. The number of hydrogen-bond acceptors (Lipinski definition) is 3. The van der Waals surface area contributed by atoms with Crippen LogP contribution in [0.2, 0.25) is 0 Å². The van der Waals surface area contributed by atoms with E-state index >= 15 is 0 Å². The Kier molecular flexibility index (Phi) is 5.36. The van der Waals surface area contributed by atoms with Crippen molar-refractivity contribution in [3.8, 4) is 5.75 Å². The molecule has 2 aromatic carbocycles. The molecule has 1 amide bonds. The maximum Gasteiger partial charge on any atom is 0.337 e. The molecule has 5 nitrogen and oxygen atoms in total. The number of anilines is 1. The monoisotopic (exact) mass is 313 g/mol. The molecule has 0 bridgehead atoms. The number of nitrogens with one attached hydrogen (secondary N) is 1. The molecule has 2 rings (SSSR count). The van der Waals surface area contributed by atoms with Crippen LogP contribution in [-0.2, 0) is 11.2 Å². The molecule has 0 fully saturated rings. The van der Waals surface area contributed by atoms with Crippen LogP contribution in [0.25, 0.3) is 0 Å². The van der Waals surface area contributed by atoms with Crippen molar-refractivity contribution in [1.29, 1.82) is 0 Å². The van der Waals surface area contributed by atoms with Gasteiger partial charge in [-0.2, -0.15) is 0 Å². The number of rotatable bonds is 6. The first kappa shape index (κ1) is 16.5. The fourth-order valence-corrected chi connectivity index (χ4v) is 2.33. The molecule has 0 aliphatic rings. The largest absolute Gasteiger partial charge is 0.496 e. The summed E-state index contributed by atoms with van der Waals surface area (Å²) in [6.45, 7) is 1.80. The molecule has 1 atom stereocenters. The lowest BCUT2D eigenvalue weighted by Gasteiger charge is -2.15. The zero-order valence-corrected chi connectivity index (χ0v) is 13.1. The van der Waals surface area contributed by atoms with Crippen molar-refractivity contribution < 1.29 is 19.4 Å². The molecule has 0 spiro atoms. The first-order valence-electron chi connectivity index (χ1n) is 7.28. The van der Waals surface area contributed by atoms with Crippen LogP contribution in [0.1, 0.15) is 22.8 Å². The van der Waals surface area contributed by atoms with Gasteiger partial charge in [-0.3, -0.25) is 4.79 Å². The van der Waals surface area contributed by atoms with Crippen LogP contribution in [0.3, 0.4) is 0 Å². The molecule has 0 aliphatic carbocycles. The molecule has 0 aliphatic heterocycles. The highest BCUT2D eigenvalue weighted by molar-refractivity contribution is 6.01. The SMILES string of the molecule is COc1ccccc1CC(C)C(=O)Nc1ccccc1C(=O)O. The van der Waals surface area contributed by atoms with Gasteiger partial charge in [0.1, 0.15) is 5.75 Å². The van der Waals surface area contributed by atoms with Crippen LogP contribution in [-0.4, -0.2) is 24.1 Å². The van der Waals surface area contributed by atoms with E-state index in [0.717, 1.165) is 11.3 Å². The summed E-state index contributed by atoms with van der Waals surface area (Å²) in [5, 5.41) is 11.8. The summed E-state index contributed by atoms with van der Waals surface area (Å²) in [6.07, 6.45) is 0.505. The first-order chi connectivity index (χ1) is 11.0. The van der Waals surface area contributed by atoms with E-state index in [0.29, 0.717) is 12.1 Å². The number of ether oxygens (including phenoxy) is 1. The Morgan fingerprint density at radius 1 is 1.13 bits per heavy atom. The molecule has 2 N–H and O–H groups in total. The van der Waals surface area contributed by atoms with Crippen LogP contribution in [0.15, 0.2) is 48.5 Å². The number of carboxylic acid groups (broad SMARTS) is 1. The van der Waals surface area contributed by atoms with E-state index in [9.17, 15) is 9.59 Å². The minimum absolute atomic E-state index is 0.0744. The van der Waals surface area contributed by atoms with Gasteiger partial charge in [0.05, 0.1) is 18.4 Å². The lowest BCUT2D eigenvalue weighted by molar-refractivity contribution is -0.119. The lowest BCUT2D eigenvalue weighted by Crippen LogP contribution is -2.23. The number of carbonyl (C=O) groups excluding carboxylic acids is 1. The maximum atomic E-state index is 12.3. The van der Waals surface area contributed by atoms with Crippen molar-refractivity contribution in [2.75, 3.05) is 12.4 Å². The van der Waals surface area contributed by atoms with Gasteiger partial charge >= 0.3 is 5.97 Å². The summed E-state index contributed by atoms with van der Waals surface area (Å²) in [5.74, 6) is -0.894. The molecule has 0 saturated heterocycles. The number of methoxy groups -OCH3 is 1. The van der Waals surface area contributed by atoms with Gasteiger partial charge in [0.15, 0.2) is 0 Å². The van der Waals surface area contributed by atoms with Gasteiger partial charge in [0, 0.05) is 5.92 Å². The molecule has 5 heteroatoms. The van der Waals surface area contributed by atoms with Crippen LogP contribution >= 0.6 is 0 Å². The van der Waals surface area contributed by atoms with Crippen LogP contribution in [0, 0.1) is 5.92 Å². The van der Waals surface area contributed by atoms with E-state index in [1.807, 2.05) is 24.3 Å². The van der Waals surface area contributed by atoms with E-state index in [2.05, 4.69) is 5.32 Å². The number of hydrogen-bond donors (Lipinski definition) is 2. The second-order valence-corrected chi connectivity index (χ2v) is 5.26. The van der Waals surface area contributed by atoms with Gasteiger partial charge in [-0.15, -0.1) is 0 Å². The van der Waals surface area contributed by atoms with E-state index in [1.54, 1.807) is 32.2 Å². The van der Waals surface area contributed by atoms with Crippen molar-refractivity contribution in [2.24, 2.45) is 5.92 Å². The summed E-state index contributed by atoms with van der Waals surface area (Å²) in [7, 11) is 1.59. The third-order valence-electron chi connectivity index (χ3n) is 3.58. The number of para-hydroxylation sites is 2. The van der Waals surface area contributed by atoms with Crippen LogP contribution in [0.5, 0.6) is 5.75 Å². The predicted octanol–water partition coefficient (Wildman–Crippen LogP) is 3.21. The number of aromatic carboxylic acids is 1. The summed E-state index contributed by atoms with van der Waals surface area (Å²) >= 11 is 0. The summed E-state index contributed by atoms with van der Waals surface area (Å²) in [5.41, 5.74) is 1.31. The Hall–Kier alpha value is -2.82. The zero-order valence-electron chi connectivity index (χ0n) is 13.1. The normalized spacial score (nSPS) is 11.6. The highest BCUT2D eigenvalue weighted by Crippen LogP contribution is 2.22. The summed E-state index contributed by atoms with van der Waals surface area (Å²) in [4.78, 5) is 23.5. The van der Waals surface area contributed by atoms with E-state index < -0.39 is 5.97 Å². The van der Waals surface area contributed by atoms with Crippen LogP contribution in [0.4, 0.5) is 5.69 Å². The van der Waals surface area contributed by atoms with Gasteiger partial charge in [-0.1, -0.05) is 37.3 Å². The standard InChI is InChI=1S/C18H19NO4/c1-12(11-13-7-3-6-10-16(13)23-2)17(20)19-15-9-5-4-8-14(15)18(21)22/h3-10,12H,11H2,1-2H3,(H,19,20)(H,21,22). The number of amides is 1. The van der Waals surface area contributed by atoms with Crippen molar-refractivity contribution in [3.05, 3.63) is 59.7 Å². The third-order valence-corrected chi connectivity index (χ3v) is 3.58. The number of carbonyl (C=O) groups is 2. The first-order valence-corrected chi connectivity index (χ1v) is 7.28. The van der Waals surface area contributed by atoms with Crippen molar-refractivity contribution >= 4 is 17.6 Å². The molecule has 23 heavy (non-hydrogen) atoms. The second-order valence-electron chi connectivity index (χ2n) is 5.26. The third kappa shape index (κ3) is 4.10. The van der Waals surface area contributed by atoms with Gasteiger partial charge < -0.3 is 15.2 Å². The molecule has 2 aromatic rings. The van der Waals surface area contributed by atoms with E-state index in [4.69, 9.17) is 9.84 Å². The average Bonchev–Trinajstić information content (AvgIpc) is 2.55. The zero-order chi connectivity index (χ0) is 16.8. The molecule has 1 unspecified atom stereocenters. The van der Waals surface area contributed by atoms with E-state index in [-0.39, 0.29) is 17.4 Å². The summed E-state index contributed by atoms with van der Waals surface area (Å²) < 4.78 is 5.29. The van der Waals surface area contributed by atoms with Gasteiger partial charge in [0.2, 0.25) is 5.91 Å². The second kappa shape index (κ2) is 7.45. The molecule has 120 valence electrons. The van der Waals surface area contributed by atoms with Gasteiger partial charge in [-0.25, -0.2) is 4.79 Å². The fourth-order valence-electron chi connectivity index (χ4n) is 2.33. The Morgan fingerprint density at radius 3 is 2.48 bits per heavy atom. The molecular weight excluding hydrogens is 294 g/mol. The highest BCUT2D eigenvalue weighted by atomic mass is 16.5. The molecule has 0 radical (unpaired) electrons. The molecule has 0 saturated carbocycles. The Labute approximate surface area is 134 Å².